The molecule has 0 amide bonds. The monoisotopic (exact) mass is 333 g/mol. The Morgan fingerprint density at radius 1 is 1.44 bits per heavy atom. The molecule has 0 spiro atoms. The van der Waals surface area contributed by atoms with Crippen molar-refractivity contribution >= 4 is 39.2 Å². The molecule has 0 saturated carbocycles. The van der Waals surface area contributed by atoms with Gasteiger partial charge < -0.3 is 10.1 Å². The smallest absolute Gasteiger partial charge is 0.328 e. The first-order valence-electron chi connectivity index (χ1n) is 5.63. The third-order valence-corrected chi connectivity index (χ3v) is 2.88. The van der Waals surface area contributed by atoms with E-state index in [1.807, 2.05) is 32.9 Å². The Bertz CT molecular complexity index is 443. The fraction of sp³-hybridized carbons (Fsp3) is 0.462. The van der Waals surface area contributed by atoms with Crippen LogP contribution in [0, 0.1) is 0 Å². The number of carbonyl (C=O) groups is 1. The fourth-order valence-corrected chi connectivity index (χ4v) is 1.82. The molecule has 3 nitrogen and oxygen atoms in total. The lowest BCUT2D eigenvalue weighted by Crippen LogP contribution is -2.34. The van der Waals surface area contributed by atoms with E-state index < -0.39 is 11.6 Å². The Kier molecular flexibility index (Phi) is 5.05. The van der Waals surface area contributed by atoms with Crippen molar-refractivity contribution in [2.24, 2.45) is 0 Å². The molecule has 100 valence electrons. The molecule has 0 aliphatic heterocycles. The van der Waals surface area contributed by atoms with Crippen LogP contribution in [0.3, 0.4) is 0 Å². The summed E-state index contributed by atoms with van der Waals surface area (Å²) in [5, 5.41) is 3.60. The average molecular weight is 335 g/mol. The Hall–Kier alpha value is -0.740. The fourth-order valence-electron chi connectivity index (χ4n) is 1.29. The Labute approximate surface area is 121 Å². The number of rotatable bonds is 3. The zero-order chi connectivity index (χ0) is 13.9. The van der Waals surface area contributed by atoms with Gasteiger partial charge in [-0.2, -0.15) is 0 Å². The number of ether oxygens (including phenoxy) is 1. The quantitative estimate of drug-likeness (QED) is 0.840. The lowest BCUT2D eigenvalue weighted by atomic mass is 10.2. The van der Waals surface area contributed by atoms with Crippen molar-refractivity contribution < 1.29 is 9.53 Å². The molecule has 0 bridgehead atoms. The van der Waals surface area contributed by atoms with Crippen molar-refractivity contribution in [1.29, 1.82) is 0 Å². The molecule has 18 heavy (non-hydrogen) atoms. The molecule has 0 fully saturated rings. The van der Waals surface area contributed by atoms with Gasteiger partial charge in [0.2, 0.25) is 0 Å². The first-order chi connectivity index (χ1) is 8.19. The summed E-state index contributed by atoms with van der Waals surface area (Å²) in [4.78, 5) is 11.8. The van der Waals surface area contributed by atoms with Gasteiger partial charge in [0.15, 0.2) is 0 Å². The molecule has 1 atom stereocenters. The van der Waals surface area contributed by atoms with Crippen LogP contribution in [0.25, 0.3) is 0 Å². The Balaban J connectivity index is 2.72. The molecule has 0 saturated heterocycles. The summed E-state index contributed by atoms with van der Waals surface area (Å²) >= 11 is 9.40. The molecule has 0 heterocycles. The van der Waals surface area contributed by atoms with E-state index in [4.69, 9.17) is 16.3 Å². The van der Waals surface area contributed by atoms with Crippen molar-refractivity contribution in [2.75, 3.05) is 5.32 Å². The summed E-state index contributed by atoms with van der Waals surface area (Å²) < 4.78 is 6.18. The largest absolute Gasteiger partial charge is 0.458 e. The molecule has 0 radical (unpaired) electrons. The van der Waals surface area contributed by atoms with E-state index in [9.17, 15) is 4.79 Å². The molecular weight excluding hydrogens is 318 g/mol. The molecule has 1 unspecified atom stereocenters. The minimum Gasteiger partial charge on any atom is -0.458 e. The summed E-state index contributed by atoms with van der Waals surface area (Å²) in [6.45, 7) is 7.25. The van der Waals surface area contributed by atoms with E-state index in [1.54, 1.807) is 13.0 Å². The van der Waals surface area contributed by atoms with Gasteiger partial charge in [0.1, 0.15) is 11.6 Å². The van der Waals surface area contributed by atoms with E-state index in [0.717, 1.165) is 4.47 Å². The summed E-state index contributed by atoms with van der Waals surface area (Å²) in [7, 11) is 0. The number of halogens is 2. The number of esters is 1. The minimum absolute atomic E-state index is 0.307. The first-order valence-corrected chi connectivity index (χ1v) is 6.80. The Morgan fingerprint density at radius 3 is 2.61 bits per heavy atom. The average Bonchev–Trinajstić information content (AvgIpc) is 2.21. The second-order valence-electron chi connectivity index (χ2n) is 5.02. The third-order valence-electron chi connectivity index (χ3n) is 2.06. The van der Waals surface area contributed by atoms with Gasteiger partial charge in [-0.05, 0) is 45.9 Å². The highest BCUT2D eigenvalue weighted by atomic mass is 79.9. The molecule has 0 aliphatic carbocycles. The summed E-state index contributed by atoms with van der Waals surface area (Å²) in [6.07, 6.45) is 0. The maximum Gasteiger partial charge on any atom is 0.328 e. The maximum absolute atomic E-state index is 11.8. The molecule has 0 aliphatic rings. The van der Waals surface area contributed by atoms with Gasteiger partial charge in [0, 0.05) is 4.47 Å². The maximum atomic E-state index is 11.8. The van der Waals surface area contributed by atoms with Crippen LogP contribution < -0.4 is 5.32 Å². The van der Waals surface area contributed by atoms with Crippen molar-refractivity contribution in [3.63, 3.8) is 0 Å². The topological polar surface area (TPSA) is 38.3 Å². The highest BCUT2D eigenvalue weighted by Gasteiger charge is 2.22. The van der Waals surface area contributed by atoms with Crippen LogP contribution in [0.15, 0.2) is 22.7 Å². The highest BCUT2D eigenvalue weighted by Crippen LogP contribution is 2.26. The normalized spacial score (nSPS) is 13.0. The van der Waals surface area contributed by atoms with E-state index in [0.29, 0.717) is 10.7 Å². The third kappa shape index (κ3) is 4.86. The van der Waals surface area contributed by atoms with Crippen LogP contribution in [0.1, 0.15) is 27.7 Å². The minimum atomic E-state index is -0.492. The van der Waals surface area contributed by atoms with Crippen molar-refractivity contribution in [3.05, 3.63) is 27.7 Å². The lowest BCUT2D eigenvalue weighted by Gasteiger charge is -2.23. The zero-order valence-corrected chi connectivity index (χ0v) is 13.2. The molecule has 5 heteroatoms. The van der Waals surface area contributed by atoms with Gasteiger partial charge in [-0.25, -0.2) is 4.79 Å². The van der Waals surface area contributed by atoms with Crippen LogP contribution >= 0.6 is 27.5 Å². The molecule has 1 rings (SSSR count). The zero-order valence-electron chi connectivity index (χ0n) is 10.9. The van der Waals surface area contributed by atoms with E-state index in [-0.39, 0.29) is 5.97 Å². The molecule has 1 N–H and O–H groups in total. The SMILES string of the molecule is CC(Nc1cc(Br)ccc1Cl)C(=O)OC(C)(C)C. The van der Waals surface area contributed by atoms with Crippen LogP contribution in [-0.2, 0) is 9.53 Å². The number of carbonyl (C=O) groups excluding carboxylic acids is 1. The van der Waals surface area contributed by atoms with Gasteiger partial charge in [-0.1, -0.05) is 27.5 Å². The molecule has 1 aromatic rings. The van der Waals surface area contributed by atoms with E-state index in [1.165, 1.54) is 0 Å². The van der Waals surface area contributed by atoms with Crippen LogP contribution in [0.5, 0.6) is 0 Å². The van der Waals surface area contributed by atoms with E-state index in [2.05, 4.69) is 21.2 Å². The van der Waals surface area contributed by atoms with Gasteiger partial charge in [-0.3, -0.25) is 0 Å². The number of hydrogen-bond acceptors (Lipinski definition) is 3. The van der Waals surface area contributed by atoms with Gasteiger partial charge >= 0.3 is 5.97 Å². The van der Waals surface area contributed by atoms with Gasteiger partial charge in [0.05, 0.1) is 10.7 Å². The second-order valence-corrected chi connectivity index (χ2v) is 6.35. The molecule has 0 aromatic heterocycles. The van der Waals surface area contributed by atoms with E-state index >= 15 is 0 Å². The van der Waals surface area contributed by atoms with Crippen molar-refractivity contribution in [1.82, 2.24) is 0 Å². The van der Waals surface area contributed by atoms with Crippen LogP contribution in [-0.4, -0.2) is 17.6 Å². The summed E-state index contributed by atoms with van der Waals surface area (Å²) in [5.41, 5.74) is 0.207. The standard InChI is InChI=1S/C13H17BrClNO2/c1-8(12(17)18-13(2,3)4)16-11-7-9(14)5-6-10(11)15/h5-8,16H,1-4H3. The van der Waals surface area contributed by atoms with Crippen molar-refractivity contribution in [3.8, 4) is 0 Å². The predicted molar refractivity (Wildman–Crippen MR) is 78.1 cm³/mol. The first kappa shape index (κ1) is 15.3. The Morgan fingerprint density at radius 2 is 2.06 bits per heavy atom. The predicted octanol–water partition coefficient (Wildman–Crippen LogP) is 4.24. The lowest BCUT2D eigenvalue weighted by molar-refractivity contribution is -0.155. The van der Waals surface area contributed by atoms with Crippen LogP contribution in [0.2, 0.25) is 5.02 Å². The van der Waals surface area contributed by atoms with Gasteiger partial charge in [-0.15, -0.1) is 0 Å². The second kappa shape index (κ2) is 5.93. The summed E-state index contributed by atoms with van der Waals surface area (Å²) in [5.74, 6) is -0.307. The van der Waals surface area contributed by atoms with Gasteiger partial charge in [0.25, 0.3) is 0 Å². The molecular formula is C13H17BrClNO2. The molecule has 1 aromatic carbocycles. The summed E-state index contributed by atoms with van der Waals surface area (Å²) in [6, 6.07) is 4.96. The van der Waals surface area contributed by atoms with Crippen molar-refractivity contribution in [2.45, 2.75) is 39.3 Å². The van der Waals surface area contributed by atoms with Crippen LogP contribution in [0.4, 0.5) is 5.69 Å². The highest BCUT2D eigenvalue weighted by molar-refractivity contribution is 9.10. The number of hydrogen-bond donors (Lipinski definition) is 1. The number of nitrogens with one attached hydrogen (secondary N) is 1. The number of benzene rings is 1. The number of anilines is 1.